The van der Waals surface area contributed by atoms with Gasteiger partial charge in [0.25, 0.3) is 0 Å². The van der Waals surface area contributed by atoms with Crippen molar-refractivity contribution in [2.75, 3.05) is 26.7 Å². The molecule has 1 rings (SSSR count). The number of hydrogen-bond acceptors (Lipinski definition) is 3. The molecule has 0 saturated heterocycles. The first-order chi connectivity index (χ1) is 7.33. The zero-order valence-corrected chi connectivity index (χ0v) is 10.6. The van der Waals surface area contributed by atoms with Crippen LogP contribution in [0.3, 0.4) is 0 Å². The van der Waals surface area contributed by atoms with E-state index in [2.05, 4.69) is 41.7 Å². The standard InChI is InChI=1S/C12H22N2S/c1-3-13-8-4-5-9-14(2)11-12-7-6-10-15-12/h6-7,10,13H,3-5,8-9,11H2,1-2H3. The van der Waals surface area contributed by atoms with Gasteiger partial charge in [-0.15, -0.1) is 11.3 Å². The van der Waals surface area contributed by atoms with Crippen molar-refractivity contribution in [2.24, 2.45) is 0 Å². The van der Waals surface area contributed by atoms with Gasteiger partial charge in [0.2, 0.25) is 0 Å². The van der Waals surface area contributed by atoms with Crippen molar-refractivity contribution >= 4 is 11.3 Å². The second kappa shape index (κ2) is 7.85. The predicted octanol–water partition coefficient (Wildman–Crippen LogP) is 2.57. The Morgan fingerprint density at radius 3 is 2.93 bits per heavy atom. The molecular formula is C12H22N2S. The van der Waals surface area contributed by atoms with Gasteiger partial charge in [0.15, 0.2) is 0 Å². The normalized spacial score (nSPS) is 11.1. The van der Waals surface area contributed by atoms with E-state index in [0.29, 0.717) is 0 Å². The second-order valence-corrected chi connectivity index (χ2v) is 4.91. The van der Waals surface area contributed by atoms with Gasteiger partial charge in [-0.25, -0.2) is 0 Å². The monoisotopic (exact) mass is 226 g/mol. The summed E-state index contributed by atoms with van der Waals surface area (Å²) in [6.45, 7) is 6.69. The summed E-state index contributed by atoms with van der Waals surface area (Å²) >= 11 is 1.84. The molecule has 0 atom stereocenters. The van der Waals surface area contributed by atoms with Gasteiger partial charge in [0.05, 0.1) is 0 Å². The fourth-order valence-corrected chi connectivity index (χ4v) is 2.34. The summed E-state index contributed by atoms with van der Waals surface area (Å²) in [5.41, 5.74) is 0. The Hall–Kier alpha value is -0.380. The minimum absolute atomic E-state index is 1.09. The summed E-state index contributed by atoms with van der Waals surface area (Å²) in [6, 6.07) is 4.33. The van der Waals surface area contributed by atoms with E-state index >= 15 is 0 Å². The van der Waals surface area contributed by atoms with Crippen LogP contribution >= 0.6 is 11.3 Å². The average molecular weight is 226 g/mol. The highest BCUT2D eigenvalue weighted by atomic mass is 32.1. The van der Waals surface area contributed by atoms with E-state index in [1.54, 1.807) is 0 Å². The molecule has 0 aromatic carbocycles. The van der Waals surface area contributed by atoms with Gasteiger partial charge in [0.1, 0.15) is 0 Å². The van der Waals surface area contributed by atoms with E-state index in [4.69, 9.17) is 0 Å². The van der Waals surface area contributed by atoms with Crippen LogP contribution in [0.25, 0.3) is 0 Å². The van der Waals surface area contributed by atoms with Gasteiger partial charge in [0, 0.05) is 11.4 Å². The van der Waals surface area contributed by atoms with Crippen LogP contribution in [0.2, 0.25) is 0 Å². The quantitative estimate of drug-likeness (QED) is 0.685. The molecule has 0 aliphatic heterocycles. The Balaban J connectivity index is 2.01. The molecule has 0 radical (unpaired) electrons. The van der Waals surface area contributed by atoms with Gasteiger partial charge in [-0.2, -0.15) is 0 Å². The van der Waals surface area contributed by atoms with E-state index < -0.39 is 0 Å². The van der Waals surface area contributed by atoms with Crippen LogP contribution in [-0.2, 0) is 6.54 Å². The van der Waals surface area contributed by atoms with Crippen LogP contribution in [0.1, 0.15) is 24.6 Å². The summed E-state index contributed by atoms with van der Waals surface area (Å²) in [7, 11) is 2.20. The first-order valence-corrected chi connectivity index (χ1v) is 6.62. The fraction of sp³-hybridized carbons (Fsp3) is 0.667. The molecule has 0 spiro atoms. The Morgan fingerprint density at radius 1 is 1.40 bits per heavy atom. The maximum absolute atomic E-state index is 3.35. The summed E-state index contributed by atoms with van der Waals surface area (Å²) in [6.07, 6.45) is 2.57. The molecule has 1 aromatic rings. The number of thiophene rings is 1. The maximum Gasteiger partial charge on any atom is 0.0324 e. The zero-order chi connectivity index (χ0) is 10.9. The van der Waals surface area contributed by atoms with Crippen molar-refractivity contribution in [1.29, 1.82) is 0 Å². The minimum Gasteiger partial charge on any atom is -0.317 e. The SMILES string of the molecule is CCNCCCCN(C)Cc1cccs1. The summed E-state index contributed by atoms with van der Waals surface area (Å²) in [5, 5.41) is 5.50. The van der Waals surface area contributed by atoms with Crippen molar-refractivity contribution < 1.29 is 0 Å². The molecule has 0 saturated carbocycles. The number of nitrogens with zero attached hydrogens (tertiary/aromatic N) is 1. The van der Waals surface area contributed by atoms with E-state index in [-0.39, 0.29) is 0 Å². The Kier molecular flexibility index (Phi) is 6.64. The molecule has 0 fully saturated rings. The van der Waals surface area contributed by atoms with Gasteiger partial charge in [-0.05, 0) is 51.0 Å². The van der Waals surface area contributed by atoms with Crippen LogP contribution in [0.4, 0.5) is 0 Å². The molecule has 3 heteroatoms. The minimum atomic E-state index is 1.09. The molecule has 1 aromatic heterocycles. The van der Waals surface area contributed by atoms with Crippen LogP contribution < -0.4 is 5.32 Å². The molecule has 1 N–H and O–H groups in total. The third-order valence-corrected chi connectivity index (χ3v) is 3.26. The van der Waals surface area contributed by atoms with Gasteiger partial charge in [-0.3, -0.25) is 0 Å². The number of unbranched alkanes of at least 4 members (excludes halogenated alkanes) is 1. The van der Waals surface area contributed by atoms with Crippen molar-refractivity contribution in [3.8, 4) is 0 Å². The fourth-order valence-electron chi connectivity index (χ4n) is 1.56. The van der Waals surface area contributed by atoms with Crippen LogP contribution in [-0.4, -0.2) is 31.6 Å². The molecule has 0 unspecified atom stereocenters. The Labute approximate surface area is 97.3 Å². The zero-order valence-electron chi connectivity index (χ0n) is 9.83. The highest BCUT2D eigenvalue weighted by molar-refractivity contribution is 7.09. The Morgan fingerprint density at radius 2 is 2.27 bits per heavy atom. The van der Waals surface area contributed by atoms with Crippen molar-refractivity contribution in [3.63, 3.8) is 0 Å². The molecule has 1 heterocycles. The second-order valence-electron chi connectivity index (χ2n) is 3.88. The van der Waals surface area contributed by atoms with Gasteiger partial charge in [-0.1, -0.05) is 13.0 Å². The number of hydrogen-bond donors (Lipinski definition) is 1. The Bertz CT molecular complexity index is 234. The summed E-state index contributed by atoms with van der Waals surface area (Å²) in [5.74, 6) is 0. The molecule has 86 valence electrons. The van der Waals surface area contributed by atoms with Crippen LogP contribution in [0.5, 0.6) is 0 Å². The predicted molar refractivity (Wildman–Crippen MR) is 68.4 cm³/mol. The van der Waals surface area contributed by atoms with Crippen molar-refractivity contribution in [1.82, 2.24) is 10.2 Å². The average Bonchev–Trinajstić information content (AvgIpc) is 2.70. The van der Waals surface area contributed by atoms with E-state index in [0.717, 1.165) is 19.6 Å². The molecular weight excluding hydrogens is 204 g/mol. The van der Waals surface area contributed by atoms with Crippen LogP contribution in [0.15, 0.2) is 17.5 Å². The first kappa shape index (κ1) is 12.7. The van der Waals surface area contributed by atoms with Crippen LogP contribution in [0, 0.1) is 0 Å². The first-order valence-electron chi connectivity index (χ1n) is 5.74. The molecule has 0 bridgehead atoms. The number of nitrogens with one attached hydrogen (secondary N) is 1. The highest BCUT2D eigenvalue weighted by Crippen LogP contribution is 2.10. The largest absolute Gasteiger partial charge is 0.317 e. The lowest BCUT2D eigenvalue weighted by Crippen LogP contribution is -2.20. The molecule has 0 aliphatic rings. The smallest absolute Gasteiger partial charge is 0.0324 e. The highest BCUT2D eigenvalue weighted by Gasteiger charge is 2.00. The van der Waals surface area contributed by atoms with Crippen molar-refractivity contribution in [3.05, 3.63) is 22.4 Å². The lowest BCUT2D eigenvalue weighted by molar-refractivity contribution is 0.320. The molecule has 2 nitrogen and oxygen atoms in total. The lowest BCUT2D eigenvalue weighted by Gasteiger charge is -2.15. The summed E-state index contributed by atoms with van der Waals surface area (Å²) in [4.78, 5) is 3.86. The molecule has 15 heavy (non-hydrogen) atoms. The lowest BCUT2D eigenvalue weighted by atomic mass is 10.3. The number of rotatable bonds is 8. The third-order valence-electron chi connectivity index (χ3n) is 2.40. The molecule has 0 aliphatic carbocycles. The topological polar surface area (TPSA) is 15.3 Å². The van der Waals surface area contributed by atoms with E-state index in [1.165, 1.54) is 24.3 Å². The third kappa shape index (κ3) is 5.92. The van der Waals surface area contributed by atoms with Gasteiger partial charge >= 0.3 is 0 Å². The van der Waals surface area contributed by atoms with E-state index in [9.17, 15) is 0 Å². The van der Waals surface area contributed by atoms with Gasteiger partial charge < -0.3 is 10.2 Å². The molecule has 0 amide bonds. The van der Waals surface area contributed by atoms with E-state index in [1.807, 2.05) is 11.3 Å². The van der Waals surface area contributed by atoms with Crippen molar-refractivity contribution in [2.45, 2.75) is 26.3 Å². The summed E-state index contributed by atoms with van der Waals surface area (Å²) < 4.78 is 0. The maximum atomic E-state index is 3.35.